The topological polar surface area (TPSA) is 130 Å². The van der Waals surface area contributed by atoms with Gasteiger partial charge in [0.25, 0.3) is 0 Å². The number of ketones is 1. The SMILES string of the molecule is COc1cc2c(cc1CCCCCc1cc3cc(C(=O)CC(C)C(=O)O)sc3cc1OC)CN(C(=O)CC(C)C(=O)O)C2. The van der Waals surface area contributed by atoms with Gasteiger partial charge in [-0.2, -0.15) is 0 Å². The largest absolute Gasteiger partial charge is 0.496 e. The van der Waals surface area contributed by atoms with Crippen LogP contribution in [-0.4, -0.2) is 53.0 Å². The van der Waals surface area contributed by atoms with E-state index in [0.717, 1.165) is 75.9 Å². The Morgan fingerprint density at radius 2 is 1.35 bits per heavy atom. The minimum absolute atomic E-state index is 0.0111. The molecular weight excluding hydrogens is 570 g/mol. The lowest BCUT2D eigenvalue weighted by atomic mass is 9.99. The zero-order valence-corrected chi connectivity index (χ0v) is 25.9. The summed E-state index contributed by atoms with van der Waals surface area (Å²) < 4.78 is 12.2. The number of ether oxygens (including phenoxy) is 2. The van der Waals surface area contributed by atoms with E-state index in [9.17, 15) is 19.2 Å². The zero-order valence-electron chi connectivity index (χ0n) is 25.1. The molecule has 1 aromatic heterocycles. The molecule has 0 bridgehead atoms. The lowest BCUT2D eigenvalue weighted by molar-refractivity contribution is -0.145. The van der Waals surface area contributed by atoms with E-state index in [2.05, 4.69) is 12.1 Å². The number of aryl methyl sites for hydroxylation is 2. The van der Waals surface area contributed by atoms with Crippen LogP contribution in [0.15, 0.2) is 30.3 Å². The predicted molar refractivity (Wildman–Crippen MR) is 164 cm³/mol. The smallest absolute Gasteiger partial charge is 0.306 e. The van der Waals surface area contributed by atoms with E-state index in [1.54, 1.807) is 33.0 Å². The number of carbonyl (C=O) groups excluding carboxylic acids is 2. The Morgan fingerprint density at radius 3 is 1.95 bits per heavy atom. The molecule has 3 aromatic rings. The van der Waals surface area contributed by atoms with Gasteiger partial charge in [-0.3, -0.25) is 19.2 Å². The first-order valence-corrected chi connectivity index (χ1v) is 15.4. The Labute approximate surface area is 255 Å². The maximum atomic E-state index is 12.6. The number of unbranched alkanes of at least 4 members (excludes halogenated alkanes) is 2. The van der Waals surface area contributed by atoms with Crippen LogP contribution in [0.3, 0.4) is 0 Å². The van der Waals surface area contributed by atoms with Crippen molar-refractivity contribution in [1.82, 2.24) is 4.90 Å². The average molecular weight is 610 g/mol. The minimum Gasteiger partial charge on any atom is -0.496 e. The normalized spacial score (nSPS) is 13.9. The molecule has 1 aliphatic rings. The number of methoxy groups -OCH3 is 2. The van der Waals surface area contributed by atoms with Gasteiger partial charge < -0.3 is 24.6 Å². The number of aliphatic carboxylic acids is 2. The number of nitrogens with zero attached hydrogens (tertiary/aromatic N) is 1. The van der Waals surface area contributed by atoms with Crippen molar-refractivity contribution in [2.24, 2.45) is 11.8 Å². The van der Waals surface area contributed by atoms with Gasteiger partial charge in [-0.1, -0.05) is 20.3 Å². The van der Waals surface area contributed by atoms with Crippen molar-refractivity contribution in [2.45, 2.75) is 71.9 Å². The van der Waals surface area contributed by atoms with Gasteiger partial charge in [0.2, 0.25) is 5.91 Å². The highest BCUT2D eigenvalue weighted by Crippen LogP contribution is 2.35. The van der Waals surface area contributed by atoms with Gasteiger partial charge >= 0.3 is 11.9 Å². The van der Waals surface area contributed by atoms with Crippen LogP contribution < -0.4 is 9.47 Å². The van der Waals surface area contributed by atoms with Crippen LogP contribution in [0, 0.1) is 11.8 Å². The summed E-state index contributed by atoms with van der Waals surface area (Å²) in [5.74, 6) is -2.11. The highest BCUT2D eigenvalue weighted by molar-refractivity contribution is 7.20. The van der Waals surface area contributed by atoms with Crippen LogP contribution in [0.2, 0.25) is 0 Å². The molecule has 0 fully saturated rings. The molecule has 2 unspecified atom stereocenters. The van der Waals surface area contributed by atoms with E-state index >= 15 is 0 Å². The molecule has 0 aliphatic carbocycles. The summed E-state index contributed by atoms with van der Waals surface area (Å²) in [5.41, 5.74) is 4.29. The van der Waals surface area contributed by atoms with Gasteiger partial charge in [0.1, 0.15) is 11.5 Å². The van der Waals surface area contributed by atoms with Crippen molar-refractivity contribution in [3.8, 4) is 11.5 Å². The highest BCUT2D eigenvalue weighted by atomic mass is 32.1. The molecule has 1 aliphatic heterocycles. The molecule has 2 atom stereocenters. The van der Waals surface area contributed by atoms with E-state index in [1.807, 2.05) is 18.2 Å². The number of rotatable bonds is 15. The summed E-state index contributed by atoms with van der Waals surface area (Å²) >= 11 is 1.36. The molecular formula is C33H39NO8S. The van der Waals surface area contributed by atoms with Crippen LogP contribution in [0.5, 0.6) is 11.5 Å². The van der Waals surface area contributed by atoms with Gasteiger partial charge in [-0.25, -0.2) is 0 Å². The van der Waals surface area contributed by atoms with Crippen LogP contribution in [0.1, 0.15) is 77.9 Å². The first-order chi connectivity index (χ1) is 20.5. The number of carbonyl (C=O) groups is 4. The number of carboxylic acids is 2. The van der Waals surface area contributed by atoms with Crippen molar-refractivity contribution < 1.29 is 38.9 Å². The van der Waals surface area contributed by atoms with Gasteiger partial charge in [-0.15, -0.1) is 11.3 Å². The van der Waals surface area contributed by atoms with Crippen molar-refractivity contribution in [2.75, 3.05) is 14.2 Å². The monoisotopic (exact) mass is 609 g/mol. The molecule has 43 heavy (non-hydrogen) atoms. The second kappa shape index (κ2) is 14.0. The summed E-state index contributed by atoms with van der Waals surface area (Å²) in [6, 6.07) is 9.99. The summed E-state index contributed by atoms with van der Waals surface area (Å²) in [5, 5.41) is 19.2. The van der Waals surface area contributed by atoms with Crippen molar-refractivity contribution in [3.63, 3.8) is 0 Å². The molecule has 0 saturated carbocycles. The van der Waals surface area contributed by atoms with E-state index in [-0.39, 0.29) is 24.5 Å². The third kappa shape index (κ3) is 7.73. The summed E-state index contributed by atoms with van der Waals surface area (Å²) in [7, 11) is 3.29. The second-order valence-electron chi connectivity index (χ2n) is 11.4. The summed E-state index contributed by atoms with van der Waals surface area (Å²) in [4.78, 5) is 49.8. The standard InChI is InChI=1S/C33H39NO8S/c1-19(32(37)38)10-26(35)30-15-23-12-21(28(42-4)16-29(23)43-30)8-6-5-7-9-22-13-24-17-34(18-25(24)14-27(22)41-3)31(36)11-20(2)33(39)40/h12-16,19-20H,5-11,17-18H2,1-4H3,(H,37,38)(H,39,40). The molecule has 230 valence electrons. The zero-order chi connectivity index (χ0) is 31.3. The quantitative estimate of drug-likeness (QED) is 0.156. The number of carboxylic acid groups (broad SMARTS) is 2. The van der Waals surface area contributed by atoms with Gasteiger partial charge in [0, 0.05) is 30.6 Å². The van der Waals surface area contributed by atoms with Crippen LogP contribution >= 0.6 is 11.3 Å². The molecule has 0 saturated heterocycles. The van der Waals surface area contributed by atoms with E-state index in [0.29, 0.717) is 18.0 Å². The molecule has 2 aromatic carbocycles. The van der Waals surface area contributed by atoms with Gasteiger partial charge in [0.15, 0.2) is 5.78 Å². The van der Waals surface area contributed by atoms with E-state index in [4.69, 9.17) is 19.7 Å². The van der Waals surface area contributed by atoms with Crippen molar-refractivity contribution >= 4 is 45.1 Å². The fourth-order valence-corrected chi connectivity index (χ4v) is 6.45. The summed E-state index contributed by atoms with van der Waals surface area (Å²) in [6.07, 6.45) is 4.51. The molecule has 2 N–H and O–H groups in total. The molecule has 0 spiro atoms. The lowest BCUT2D eigenvalue weighted by Gasteiger charge is -2.16. The lowest BCUT2D eigenvalue weighted by Crippen LogP contribution is -2.28. The molecule has 0 radical (unpaired) electrons. The predicted octanol–water partition coefficient (Wildman–Crippen LogP) is 6.12. The fourth-order valence-electron chi connectivity index (χ4n) is 5.43. The minimum atomic E-state index is -0.976. The Balaban J connectivity index is 1.34. The van der Waals surface area contributed by atoms with Gasteiger partial charge in [-0.05, 0) is 83.7 Å². The Morgan fingerprint density at radius 1 is 0.791 bits per heavy atom. The average Bonchev–Trinajstić information content (AvgIpc) is 3.59. The Bertz CT molecular complexity index is 1530. The molecule has 9 nitrogen and oxygen atoms in total. The van der Waals surface area contributed by atoms with Gasteiger partial charge in [0.05, 0.1) is 30.9 Å². The van der Waals surface area contributed by atoms with E-state index < -0.39 is 23.8 Å². The number of thiophene rings is 1. The first-order valence-electron chi connectivity index (χ1n) is 14.6. The van der Waals surface area contributed by atoms with Crippen LogP contribution in [0.25, 0.3) is 10.1 Å². The Hall–Kier alpha value is -3.92. The maximum Gasteiger partial charge on any atom is 0.306 e. The van der Waals surface area contributed by atoms with Crippen molar-refractivity contribution in [1.29, 1.82) is 0 Å². The molecule has 1 amide bonds. The molecule has 2 heterocycles. The third-order valence-electron chi connectivity index (χ3n) is 8.08. The number of Topliss-reactive ketones (excluding diaryl/α,β-unsaturated/α-hetero) is 1. The molecule has 4 rings (SSSR count). The fraction of sp³-hybridized carbons (Fsp3) is 0.455. The summed E-state index contributed by atoms with van der Waals surface area (Å²) in [6.45, 7) is 4.03. The number of hydrogen-bond acceptors (Lipinski definition) is 7. The number of fused-ring (bicyclic) bond motifs is 2. The number of hydrogen-bond donors (Lipinski definition) is 2. The highest BCUT2D eigenvalue weighted by Gasteiger charge is 2.27. The van der Waals surface area contributed by atoms with E-state index in [1.165, 1.54) is 11.3 Å². The van der Waals surface area contributed by atoms with Crippen molar-refractivity contribution in [3.05, 3.63) is 57.5 Å². The Kier molecular flexibility index (Phi) is 10.4. The molecule has 10 heteroatoms. The number of benzene rings is 2. The maximum absolute atomic E-state index is 12.6. The third-order valence-corrected chi connectivity index (χ3v) is 9.22. The first kappa shape index (κ1) is 32.0. The second-order valence-corrected chi connectivity index (χ2v) is 12.4. The van der Waals surface area contributed by atoms with Crippen LogP contribution in [-0.2, 0) is 40.3 Å². The number of amides is 1. The van der Waals surface area contributed by atoms with Crippen LogP contribution in [0.4, 0.5) is 0 Å².